The minimum absolute atomic E-state index is 0.0657. The Labute approximate surface area is 130 Å². The molecule has 3 rings (SSSR count). The number of carbonyl (C=O) groups is 1. The van der Waals surface area contributed by atoms with E-state index in [1.807, 2.05) is 26.1 Å². The standard InChI is InChI=1S/C14H14N4OS2/c1-9-16-17-14(21-9)15-13(19)8-20-12-7-18(2)11-6-4-3-5-10(11)12/h3-7H,8H2,1-2H3,(H,15,17,19). The van der Waals surface area contributed by atoms with Crippen LogP contribution >= 0.6 is 23.1 Å². The third-order valence-electron chi connectivity index (χ3n) is 2.99. The molecule has 0 atom stereocenters. The Hall–Kier alpha value is -1.86. The molecule has 0 saturated heterocycles. The van der Waals surface area contributed by atoms with E-state index in [1.54, 1.807) is 0 Å². The van der Waals surface area contributed by atoms with E-state index in [-0.39, 0.29) is 5.91 Å². The molecule has 0 aliphatic heterocycles. The molecule has 0 fully saturated rings. The summed E-state index contributed by atoms with van der Waals surface area (Å²) < 4.78 is 2.07. The fraction of sp³-hybridized carbons (Fsp3) is 0.214. The summed E-state index contributed by atoms with van der Waals surface area (Å²) in [5.41, 5.74) is 1.17. The number of nitrogens with zero attached hydrogens (tertiary/aromatic N) is 3. The molecule has 21 heavy (non-hydrogen) atoms. The van der Waals surface area contributed by atoms with E-state index < -0.39 is 0 Å². The van der Waals surface area contributed by atoms with Gasteiger partial charge in [0.25, 0.3) is 0 Å². The maximum atomic E-state index is 11.9. The highest BCUT2D eigenvalue weighted by atomic mass is 32.2. The lowest BCUT2D eigenvalue weighted by Gasteiger charge is -2.00. The highest BCUT2D eigenvalue weighted by molar-refractivity contribution is 8.00. The molecular formula is C14H14N4OS2. The smallest absolute Gasteiger partial charge is 0.236 e. The number of para-hydroxylation sites is 1. The van der Waals surface area contributed by atoms with Crippen LogP contribution in [0, 0.1) is 6.92 Å². The van der Waals surface area contributed by atoms with Gasteiger partial charge in [-0.15, -0.1) is 22.0 Å². The fourth-order valence-electron chi connectivity index (χ4n) is 2.07. The zero-order valence-electron chi connectivity index (χ0n) is 11.7. The molecule has 1 amide bonds. The van der Waals surface area contributed by atoms with Crippen molar-refractivity contribution >= 4 is 45.0 Å². The van der Waals surface area contributed by atoms with E-state index in [4.69, 9.17) is 0 Å². The highest BCUT2D eigenvalue weighted by Gasteiger charge is 2.10. The van der Waals surface area contributed by atoms with Gasteiger partial charge in [0.05, 0.1) is 5.75 Å². The second kappa shape index (κ2) is 5.87. The molecule has 7 heteroatoms. The van der Waals surface area contributed by atoms with Gasteiger partial charge in [0.1, 0.15) is 5.01 Å². The first kappa shape index (κ1) is 14.1. The summed E-state index contributed by atoms with van der Waals surface area (Å²) in [6.07, 6.45) is 2.05. The molecule has 2 aromatic heterocycles. The van der Waals surface area contributed by atoms with E-state index in [0.29, 0.717) is 10.9 Å². The second-order valence-corrected chi connectivity index (χ2v) is 6.78. The Balaban J connectivity index is 1.67. The van der Waals surface area contributed by atoms with Crippen molar-refractivity contribution in [2.75, 3.05) is 11.1 Å². The molecule has 108 valence electrons. The van der Waals surface area contributed by atoms with Crippen LogP contribution in [0.15, 0.2) is 35.4 Å². The van der Waals surface area contributed by atoms with Crippen molar-refractivity contribution in [3.05, 3.63) is 35.5 Å². The maximum absolute atomic E-state index is 11.9. The third-order valence-corrected chi connectivity index (χ3v) is 4.79. The van der Waals surface area contributed by atoms with Gasteiger partial charge in [-0.3, -0.25) is 10.1 Å². The van der Waals surface area contributed by atoms with Gasteiger partial charge >= 0.3 is 0 Å². The maximum Gasteiger partial charge on any atom is 0.236 e. The molecule has 1 aromatic carbocycles. The predicted octanol–water partition coefficient (Wildman–Crippen LogP) is 3.07. The van der Waals surface area contributed by atoms with E-state index in [2.05, 4.69) is 38.4 Å². The van der Waals surface area contributed by atoms with Gasteiger partial charge in [-0.1, -0.05) is 29.5 Å². The molecule has 2 heterocycles. The predicted molar refractivity (Wildman–Crippen MR) is 86.9 cm³/mol. The average molecular weight is 318 g/mol. The van der Waals surface area contributed by atoms with Crippen LogP contribution in [-0.2, 0) is 11.8 Å². The highest BCUT2D eigenvalue weighted by Crippen LogP contribution is 2.29. The number of aryl methyl sites for hydroxylation is 2. The Kier molecular flexibility index (Phi) is 3.94. The largest absolute Gasteiger partial charge is 0.349 e. The molecule has 0 radical (unpaired) electrons. The number of fused-ring (bicyclic) bond motifs is 1. The molecule has 0 bridgehead atoms. The Bertz CT molecular complexity index is 793. The average Bonchev–Trinajstić information content (AvgIpc) is 3.01. The van der Waals surface area contributed by atoms with Gasteiger partial charge in [0, 0.05) is 29.0 Å². The summed E-state index contributed by atoms with van der Waals surface area (Å²) in [6, 6.07) is 8.17. The molecule has 0 saturated carbocycles. The monoisotopic (exact) mass is 318 g/mol. The lowest BCUT2D eigenvalue weighted by Crippen LogP contribution is -2.13. The van der Waals surface area contributed by atoms with Crippen molar-refractivity contribution in [1.82, 2.24) is 14.8 Å². The van der Waals surface area contributed by atoms with Crippen LogP contribution in [0.4, 0.5) is 5.13 Å². The first-order chi connectivity index (χ1) is 10.1. The van der Waals surface area contributed by atoms with Crippen molar-refractivity contribution < 1.29 is 4.79 Å². The first-order valence-electron chi connectivity index (χ1n) is 6.40. The zero-order chi connectivity index (χ0) is 14.8. The number of rotatable bonds is 4. The third kappa shape index (κ3) is 3.08. The second-order valence-electron chi connectivity index (χ2n) is 4.58. The topological polar surface area (TPSA) is 59.8 Å². The molecule has 0 spiro atoms. The van der Waals surface area contributed by atoms with Crippen LogP contribution in [0.2, 0.25) is 0 Å². The van der Waals surface area contributed by atoms with Gasteiger partial charge in [-0.05, 0) is 13.0 Å². The minimum atomic E-state index is -0.0657. The molecule has 3 aromatic rings. The summed E-state index contributed by atoms with van der Waals surface area (Å²) in [5.74, 6) is 0.288. The van der Waals surface area contributed by atoms with Crippen LogP contribution in [0.25, 0.3) is 10.9 Å². The van der Waals surface area contributed by atoms with Crippen LogP contribution in [0.1, 0.15) is 5.01 Å². The number of thioether (sulfide) groups is 1. The Morgan fingerprint density at radius 2 is 2.19 bits per heavy atom. The normalized spacial score (nSPS) is 11.0. The number of hydrogen-bond donors (Lipinski definition) is 1. The SMILES string of the molecule is Cc1nnc(NC(=O)CSc2cn(C)c3ccccc23)s1. The Morgan fingerprint density at radius 1 is 1.38 bits per heavy atom. The minimum Gasteiger partial charge on any atom is -0.349 e. The molecule has 5 nitrogen and oxygen atoms in total. The number of amides is 1. The number of nitrogens with one attached hydrogen (secondary N) is 1. The molecular weight excluding hydrogens is 304 g/mol. The molecule has 0 aliphatic rings. The molecule has 0 aliphatic carbocycles. The van der Waals surface area contributed by atoms with Gasteiger partial charge in [0.15, 0.2) is 0 Å². The van der Waals surface area contributed by atoms with Crippen molar-refractivity contribution in [2.24, 2.45) is 7.05 Å². The van der Waals surface area contributed by atoms with E-state index in [1.165, 1.54) is 34.0 Å². The quantitative estimate of drug-likeness (QED) is 0.751. The number of aromatic nitrogens is 3. The van der Waals surface area contributed by atoms with Gasteiger partial charge < -0.3 is 4.57 Å². The number of carbonyl (C=O) groups excluding carboxylic acids is 1. The van der Waals surface area contributed by atoms with Gasteiger partial charge in [0.2, 0.25) is 11.0 Å². The summed E-state index contributed by atoms with van der Waals surface area (Å²) in [7, 11) is 2.01. The van der Waals surface area contributed by atoms with E-state index >= 15 is 0 Å². The molecule has 1 N–H and O–H groups in total. The Morgan fingerprint density at radius 3 is 2.95 bits per heavy atom. The fourth-order valence-corrected chi connectivity index (χ4v) is 3.59. The van der Waals surface area contributed by atoms with Crippen LogP contribution in [0.5, 0.6) is 0 Å². The lowest BCUT2D eigenvalue weighted by molar-refractivity contribution is -0.113. The van der Waals surface area contributed by atoms with Crippen molar-refractivity contribution in [3.8, 4) is 0 Å². The zero-order valence-corrected chi connectivity index (χ0v) is 13.3. The van der Waals surface area contributed by atoms with E-state index in [9.17, 15) is 4.79 Å². The summed E-state index contributed by atoms with van der Waals surface area (Å²) in [6.45, 7) is 1.86. The molecule has 0 unspecified atom stereocenters. The van der Waals surface area contributed by atoms with Gasteiger partial charge in [-0.2, -0.15) is 0 Å². The van der Waals surface area contributed by atoms with E-state index in [0.717, 1.165) is 9.90 Å². The summed E-state index contributed by atoms with van der Waals surface area (Å²) >= 11 is 2.91. The van der Waals surface area contributed by atoms with Gasteiger partial charge in [-0.25, -0.2) is 0 Å². The van der Waals surface area contributed by atoms with Crippen LogP contribution in [0.3, 0.4) is 0 Å². The van der Waals surface area contributed by atoms with Crippen molar-refractivity contribution in [3.63, 3.8) is 0 Å². The first-order valence-corrected chi connectivity index (χ1v) is 8.20. The number of hydrogen-bond acceptors (Lipinski definition) is 5. The van der Waals surface area contributed by atoms with Crippen LogP contribution < -0.4 is 5.32 Å². The number of anilines is 1. The van der Waals surface area contributed by atoms with Crippen LogP contribution in [-0.4, -0.2) is 26.4 Å². The van der Waals surface area contributed by atoms with Crippen molar-refractivity contribution in [2.45, 2.75) is 11.8 Å². The van der Waals surface area contributed by atoms with Crippen molar-refractivity contribution in [1.29, 1.82) is 0 Å². The lowest BCUT2D eigenvalue weighted by atomic mass is 10.2. The summed E-state index contributed by atoms with van der Waals surface area (Å²) in [5, 5.41) is 13.1. The number of benzene rings is 1. The summed E-state index contributed by atoms with van der Waals surface area (Å²) in [4.78, 5) is 13.0.